The van der Waals surface area contributed by atoms with Crippen LogP contribution in [0.5, 0.6) is 0 Å². The SMILES string of the molecule is COC(=O)CC(NC(=O)CCCCCN=C1NS(=O)(=O)c2ccccc21)c1ccc(F)cc1. The fourth-order valence-corrected chi connectivity index (χ4v) is 4.73. The molecule has 2 aromatic carbocycles. The molecule has 0 saturated carbocycles. The number of hydrogen-bond donors (Lipinski definition) is 2. The molecule has 1 heterocycles. The zero-order valence-corrected chi connectivity index (χ0v) is 19.0. The largest absolute Gasteiger partial charge is 0.469 e. The summed E-state index contributed by atoms with van der Waals surface area (Å²) in [5, 5.41) is 2.81. The molecule has 0 aromatic heterocycles. The Balaban J connectivity index is 1.45. The number of methoxy groups -OCH3 is 1. The minimum atomic E-state index is -3.55. The van der Waals surface area contributed by atoms with E-state index in [2.05, 4.69) is 15.0 Å². The fraction of sp³-hybridized carbons (Fsp3) is 0.348. The van der Waals surface area contributed by atoms with Crippen LogP contribution >= 0.6 is 0 Å². The van der Waals surface area contributed by atoms with Gasteiger partial charge < -0.3 is 10.1 Å². The number of carbonyl (C=O) groups is 2. The molecule has 0 fully saturated rings. The van der Waals surface area contributed by atoms with E-state index >= 15 is 0 Å². The van der Waals surface area contributed by atoms with Crippen molar-refractivity contribution in [2.24, 2.45) is 4.99 Å². The third kappa shape index (κ3) is 6.61. The highest BCUT2D eigenvalue weighted by atomic mass is 32.2. The minimum absolute atomic E-state index is 0.0528. The lowest BCUT2D eigenvalue weighted by Gasteiger charge is -2.18. The normalized spacial score (nSPS) is 16.0. The van der Waals surface area contributed by atoms with Crippen LogP contribution in [0.4, 0.5) is 4.39 Å². The average Bonchev–Trinajstić information content (AvgIpc) is 3.06. The van der Waals surface area contributed by atoms with Gasteiger partial charge in [-0.1, -0.05) is 30.7 Å². The number of benzene rings is 2. The zero-order chi connectivity index (χ0) is 23.8. The van der Waals surface area contributed by atoms with E-state index < -0.39 is 27.9 Å². The molecule has 0 spiro atoms. The van der Waals surface area contributed by atoms with E-state index in [1.165, 1.54) is 37.4 Å². The molecular formula is C23H26FN3O5S. The van der Waals surface area contributed by atoms with Crippen molar-refractivity contribution in [2.45, 2.75) is 43.0 Å². The van der Waals surface area contributed by atoms with E-state index in [0.29, 0.717) is 36.3 Å². The van der Waals surface area contributed by atoms with Gasteiger partial charge in [0.05, 0.1) is 24.5 Å². The predicted molar refractivity (Wildman–Crippen MR) is 121 cm³/mol. The fourth-order valence-electron chi connectivity index (χ4n) is 3.48. The number of carbonyl (C=O) groups excluding carboxylic acids is 2. The van der Waals surface area contributed by atoms with Gasteiger partial charge in [0, 0.05) is 18.5 Å². The summed E-state index contributed by atoms with van der Waals surface area (Å²) in [6.07, 6.45) is 2.21. The molecule has 1 atom stereocenters. The van der Waals surface area contributed by atoms with Crippen LogP contribution in [0.15, 0.2) is 58.4 Å². The molecule has 1 aliphatic heterocycles. The van der Waals surface area contributed by atoms with Gasteiger partial charge in [0.2, 0.25) is 5.91 Å². The highest BCUT2D eigenvalue weighted by Gasteiger charge is 2.29. The molecule has 2 N–H and O–H groups in total. The van der Waals surface area contributed by atoms with Crippen molar-refractivity contribution < 1.29 is 27.1 Å². The number of hydrogen-bond acceptors (Lipinski definition) is 6. The molecule has 1 amide bonds. The second-order valence-electron chi connectivity index (χ2n) is 7.59. The molecule has 176 valence electrons. The number of halogens is 1. The Morgan fingerprint density at radius 1 is 1.09 bits per heavy atom. The van der Waals surface area contributed by atoms with Crippen LogP contribution in [0.2, 0.25) is 0 Å². The summed E-state index contributed by atoms with van der Waals surface area (Å²) in [5.74, 6) is -0.766. The molecule has 0 saturated heterocycles. The van der Waals surface area contributed by atoms with Crippen molar-refractivity contribution >= 4 is 27.7 Å². The van der Waals surface area contributed by atoms with Crippen molar-refractivity contribution in [3.63, 3.8) is 0 Å². The molecule has 33 heavy (non-hydrogen) atoms. The first-order valence-corrected chi connectivity index (χ1v) is 12.1. The van der Waals surface area contributed by atoms with Gasteiger partial charge in [-0.25, -0.2) is 12.8 Å². The first-order valence-electron chi connectivity index (χ1n) is 10.6. The molecule has 10 heteroatoms. The Bertz CT molecular complexity index is 1130. The predicted octanol–water partition coefficient (Wildman–Crippen LogP) is 2.85. The molecule has 0 radical (unpaired) electrons. The van der Waals surface area contributed by atoms with Gasteiger partial charge in [-0.05, 0) is 42.7 Å². The van der Waals surface area contributed by atoms with Crippen molar-refractivity contribution in [3.8, 4) is 0 Å². The van der Waals surface area contributed by atoms with Gasteiger partial charge in [-0.15, -0.1) is 0 Å². The smallest absolute Gasteiger partial charge is 0.307 e. The maximum Gasteiger partial charge on any atom is 0.307 e. The highest BCUT2D eigenvalue weighted by molar-refractivity contribution is 7.90. The summed E-state index contributed by atoms with van der Waals surface area (Å²) in [4.78, 5) is 28.7. The van der Waals surface area contributed by atoms with E-state index in [4.69, 9.17) is 4.74 Å². The maximum absolute atomic E-state index is 13.2. The Kier molecular flexibility index (Phi) is 8.16. The quantitative estimate of drug-likeness (QED) is 0.405. The van der Waals surface area contributed by atoms with Crippen LogP contribution < -0.4 is 10.0 Å². The minimum Gasteiger partial charge on any atom is -0.469 e. The average molecular weight is 476 g/mol. The molecule has 0 aliphatic carbocycles. The number of sulfonamides is 1. The molecular weight excluding hydrogens is 449 g/mol. The highest BCUT2D eigenvalue weighted by Crippen LogP contribution is 2.22. The van der Waals surface area contributed by atoms with Crippen LogP contribution in [0.1, 0.15) is 49.3 Å². The second kappa shape index (κ2) is 11.0. The first kappa shape index (κ1) is 24.4. The van der Waals surface area contributed by atoms with E-state index in [1.54, 1.807) is 18.2 Å². The number of unbranched alkanes of at least 4 members (excludes halogenated alkanes) is 2. The lowest BCUT2D eigenvalue weighted by molar-refractivity contribution is -0.141. The number of fused-ring (bicyclic) bond motifs is 1. The number of amidine groups is 1. The van der Waals surface area contributed by atoms with Crippen molar-refractivity contribution in [1.29, 1.82) is 0 Å². The third-order valence-corrected chi connectivity index (χ3v) is 6.60. The number of rotatable bonds is 10. The van der Waals surface area contributed by atoms with E-state index in [-0.39, 0.29) is 23.6 Å². The van der Waals surface area contributed by atoms with Crippen LogP contribution in [-0.2, 0) is 24.3 Å². The monoisotopic (exact) mass is 475 g/mol. The molecule has 8 nitrogen and oxygen atoms in total. The van der Waals surface area contributed by atoms with Gasteiger partial charge in [-0.3, -0.25) is 19.3 Å². The number of aliphatic imine (C=N–C) groups is 1. The zero-order valence-electron chi connectivity index (χ0n) is 18.2. The summed E-state index contributed by atoms with van der Waals surface area (Å²) in [7, 11) is -2.28. The first-order chi connectivity index (χ1) is 15.8. The summed E-state index contributed by atoms with van der Waals surface area (Å²) >= 11 is 0. The van der Waals surface area contributed by atoms with E-state index in [1.807, 2.05) is 0 Å². The number of ether oxygens (including phenoxy) is 1. The van der Waals surface area contributed by atoms with Crippen LogP contribution in [0.25, 0.3) is 0 Å². The Labute approximate surface area is 192 Å². The molecule has 3 rings (SSSR count). The Morgan fingerprint density at radius 2 is 1.82 bits per heavy atom. The van der Waals surface area contributed by atoms with Gasteiger partial charge >= 0.3 is 5.97 Å². The Morgan fingerprint density at radius 3 is 2.55 bits per heavy atom. The molecule has 1 aliphatic rings. The summed E-state index contributed by atoms with van der Waals surface area (Å²) < 4.78 is 44.5. The number of nitrogens with zero attached hydrogens (tertiary/aromatic N) is 1. The second-order valence-corrected chi connectivity index (χ2v) is 9.25. The van der Waals surface area contributed by atoms with Gasteiger partial charge in [-0.2, -0.15) is 0 Å². The van der Waals surface area contributed by atoms with E-state index in [0.717, 1.165) is 6.42 Å². The maximum atomic E-state index is 13.2. The Hall–Kier alpha value is -3.27. The van der Waals surface area contributed by atoms with Crippen LogP contribution in [0.3, 0.4) is 0 Å². The lowest BCUT2D eigenvalue weighted by Crippen LogP contribution is -2.30. The van der Waals surface area contributed by atoms with E-state index in [9.17, 15) is 22.4 Å². The molecule has 0 bridgehead atoms. The summed E-state index contributed by atoms with van der Waals surface area (Å²) in [5.41, 5.74) is 1.18. The topological polar surface area (TPSA) is 114 Å². The number of esters is 1. The van der Waals surface area contributed by atoms with Gasteiger partial charge in [0.15, 0.2) is 0 Å². The number of nitrogens with one attached hydrogen (secondary N) is 2. The molecule has 1 unspecified atom stereocenters. The van der Waals surface area contributed by atoms with Crippen molar-refractivity contribution in [3.05, 3.63) is 65.5 Å². The van der Waals surface area contributed by atoms with Crippen molar-refractivity contribution in [2.75, 3.05) is 13.7 Å². The number of amides is 1. The lowest BCUT2D eigenvalue weighted by atomic mass is 10.0. The van der Waals surface area contributed by atoms with Crippen LogP contribution in [-0.4, -0.2) is 39.8 Å². The van der Waals surface area contributed by atoms with Gasteiger partial charge in [0.25, 0.3) is 10.0 Å². The summed E-state index contributed by atoms with van der Waals surface area (Å²) in [6.45, 7) is 0.425. The van der Waals surface area contributed by atoms with Gasteiger partial charge in [0.1, 0.15) is 11.7 Å². The summed E-state index contributed by atoms with van der Waals surface area (Å²) in [6, 6.07) is 11.7. The van der Waals surface area contributed by atoms with Crippen molar-refractivity contribution in [1.82, 2.24) is 10.0 Å². The third-order valence-electron chi connectivity index (χ3n) is 5.20. The molecule has 2 aromatic rings. The van der Waals surface area contributed by atoms with Crippen LogP contribution in [0, 0.1) is 5.82 Å². The standard InChI is InChI=1S/C23H26FN3O5S/c1-32-22(29)15-19(16-10-12-17(24)13-11-16)26-21(28)9-3-2-6-14-25-23-18-7-4-5-8-20(18)33(30,31)27-23/h4-5,7-8,10-13,19H,2-3,6,9,14-15H2,1H3,(H,25,27)(H,26,28).